The van der Waals surface area contributed by atoms with Gasteiger partial charge < -0.3 is 20.8 Å². The second-order valence-electron chi connectivity index (χ2n) is 5.33. The Morgan fingerprint density at radius 3 is 2.85 bits per heavy atom. The van der Waals surface area contributed by atoms with E-state index in [0.717, 1.165) is 16.7 Å². The lowest BCUT2D eigenvalue weighted by atomic mass is 10.1. The van der Waals surface area contributed by atoms with E-state index in [4.69, 9.17) is 10.1 Å². The number of nitrogens with one attached hydrogen (secondary N) is 3. The van der Waals surface area contributed by atoms with Gasteiger partial charge in [-0.1, -0.05) is 0 Å². The highest BCUT2D eigenvalue weighted by Gasteiger charge is 2.06. The van der Waals surface area contributed by atoms with Gasteiger partial charge in [0, 0.05) is 42.9 Å². The Bertz CT molecular complexity index is 955. The number of hydrogen-bond acceptors (Lipinski definition) is 8. The molecule has 132 valence electrons. The summed E-state index contributed by atoms with van der Waals surface area (Å²) in [7, 11) is 1.79. The second kappa shape index (κ2) is 8.02. The third kappa shape index (κ3) is 3.92. The molecule has 8 heteroatoms. The summed E-state index contributed by atoms with van der Waals surface area (Å²) in [5.41, 5.74) is 3.01. The van der Waals surface area contributed by atoms with Crippen molar-refractivity contribution in [3.8, 4) is 5.75 Å². The van der Waals surface area contributed by atoms with Crippen LogP contribution in [0.3, 0.4) is 0 Å². The third-order valence-corrected chi connectivity index (χ3v) is 3.52. The summed E-state index contributed by atoms with van der Waals surface area (Å²) in [5, 5.41) is 21.5. The summed E-state index contributed by atoms with van der Waals surface area (Å²) >= 11 is 0. The van der Waals surface area contributed by atoms with E-state index in [0.29, 0.717) is 29.5 Å². The largest absolute Gasteiger partial charge is 0.492 e. The number of allylic oxidation sites excluding steroid dienone is 1. The molecule has 8 nitrogen and oxygen atoms in total. The van der Waals surface area contributed by atoms with E-state index in [1.165, 1.54) is 6.21 Å². The van der Waals surface area contributed by atoms with Crippen molar-refractivity contribution in [1.29, 1.82) is 5.41 Å². The Balaban J connectivity index is 1.91. The summed E-state index contributed by atoms with van der Waals surface area (Å²) in [6.07, 6.45) is 6.30. The number of nitrogens with zero attached hydrogens (tertiary/aromatic N) is 4. The predicted octanol–water partition coefficient (Wildman–Crippen LogP) is 2.77. The average molecular weight is 349 g/mol. The molecule has 3 rings (SSSR count). The molecule has 3 heterocycles. The molecule has 0 amide bonds. The Labute approximate surface area is 150 Å². The Morgan fingerprint density at radius 1 is 1.19 bits per heavy atom. The lowest BCUT2D eigenvalue weighted by Crippen LogP contribution is -2.01. The molecule has 0 atom stereocenters. The first kappa shape index (κ1) is 17.3. The first-order valence-corrected chi connectivity index (χ1v) is 8.11. The smallest absolute Gasteiger partial charge is 0.157 e. The molecule has 0 fully saturated rings. The minimum atomic E-state index is 0.544. The molecule has 0 spiro atoms. The van der Waals surface area contributed by atoms with Crippen LogP contribution >= 0.6 is 0 Å². The molecule has 0 aliphatic rings. The number of pyridine rings is 2. The molecule has 0 radical (unpaired) electrons. The molecule has 3 aromatic heterocycles. The van der Waals surface area contributed by atoms with Crippen LogP contribution in [0.1, 0.15) is 12.5 Å². The number of ether oxygens (including phenoxy) is 1. The van der Waals surface area contributed by atoms with E-state index in [-0.39, 0.29) is 0 Å². The predicted molar refractivity (Wildman–Crippen MR) is 102 cm³/mol. The Hall–Kier alpha value is -3.55. The second-order valence-corrected chi connectivity index (χ2v) is 5.33. The summed E-state index contributed by atoms with van der Waals surface area (Å²) in [6, 6.07) is 7.36. The number of anilines is 2. The topological polar surface area (TPSA) is 109 Å². The maximum absolute atomic E-state index is 7.53. The number of aromatic nitrogens is 4. The Morgan fingerprint density at radius 2 is 2.08 bits per heavy atom. The van der Waals surface area contributed by atoms with Gasteiger partial charge in [-0.3, -0.25) is 4.98 Å². The van der Waals surface area contributed by atoms with Gasteiger partial charge in [-0.25, -0.2) is 4.98 Å². The van der Waals surface area contributed by atoms with Crippen LogP contribution in [-0.4, -0.2) is 40.0 Å². The zero-order valence-corrected chi connectivity index (χ0v) is 14.5. The van der Waals surface area contributed by atoms with Gasteiger partial charge >= 0.3 is 0 Å². The normalized spacial score (nSPS) is 11.2. The van der Waals surface area contributed by atoms with Crippen molar-refractivity contribution < 1.29 is 4.74 Å². The van der Waals surface area contributed by atoms with Gasteiger partial charge in [-0.05, 0) is 25.1 Å². The van der Waals surface area contributed by atoms with Gasteiger partial charge in [0.25, 0.3) is 0 Å². The van der Waals surface area contributed by atoms with Gasteiger partial charge in [0.1, 0.15) is 11.6 Å². The van der Waals surface area contributed by atoms with E-state index in [1.807, 2.05) is 25.1 Å². The zero-order chi connectivity index (χ0) is 18.4. The molecular weight excluding hydrogens is 330 g/mol. The number of fused-ring (bicyclic) bond motifs is 1. The lowest BCUT2D eigenvalue weighted by Gasteiger charge is -2.08. The monoisotopic (exact) mass is 349 g/mol. The molecular formula is C18H19N7O. The fraction of sp³-hybridized carbons (Fsp3) is 0.167. The lowest BCUT2D eigenvalue weighted by molar-refractivity contribution is 0.338. The van der Waals surface area contributed by atoms with Crippen molar-refractivity contribution in [2.24, 2.45) is 0 Å². The summed E-state index contributed by atoms with van der Waals surface area (Å²) in [4.78, 5) is 8.99. The maximum Gasteiger partial charge on any atom is 0.157 e. The van der Waals surface area contributed by atoms with Gasteiger partial charge in [0.2, 0.25) is 0 Å². The molecule has 0 unspecified atom stereocenters. The van der Waals surface area contributed by atoms with Crippen LogP contribution in [0.5, 0.6) is 5.75 Å². The summed E-state index contributed by atoms with van der Waals surface area (Å²) in [6.45, 7) is 2.47. The van der Waals surface area contributed by atoms with Gasteiger partial charge in [0.05, 0.1) is 23.8 Å². The van der Waals surface area contributed by atoms with Crippen LogP contribution in [0, 0.1) is 5.41 Å². The highest BCUT2D eigenvalue weighted by Crippen LogP contribution is 2.21. The van der Waals surface area contributed by atoms with Crippen molar-refractivity contribution in [3.63, 3.8) is 0 Å². The molecule has 0 bridgehead atoms. The van der Waals surface area contributed by atoms with Crippen molar-refractivity contribution in [3.05, 3.63) is 48.4 Å². The minimum absolute atomic E-state index is 0.544. The van der Waals surface area contributed by atoms with Crippen LogP contribution in [-0.2, 0) is 0 Å². The highest BCUT2D eigenvalue weighted by molar-refractivity contribution is 6.08. The van der Waals surface area contributed by atoms with E-state index in [9.17, 15) is 0 Å². The maximum atomic E-state index is 7.53. The molecule has 0 aliphatic carbocycles. The van der Waals surface area contributed by atoms with E-state index >= 15 is 0 Å². The van der Waals surface area contributed by atoms with Crippen LogP contribution in [0.25, 0.3) is 16.6 Å². The standard InChI is InChI=1S/C18H19N7O/c1-3-26-14-7-18(25-22-11-14)24-17-5-4-15-16(23-17)6-12(10-21-15)13(8-19)9-20-2/h4-11,19-20H,3H2,1-2H3,(H,23,24,25)/b13-9+,19-8?. The van der Waals surface area contributed by atoms with Gasteiger partial charge in [-0.2, -0.15) is 5.10 Å². The quantitative estimate of drug-likeness (QED) is 0.563. The van der Waals surface area contributed by atoms with Gasteiger partial charge in [-0.15, -0.1) is 5.10 Å². The SMILES string of the molecule is CCOc1cnnc(Nc2ccc3ncc(/C(C=N)=C/NC)cc3n2)c1. The Kier molecular flexibility index (Phi) is 5.33. The van der Waals surface area contributed by atoms with Crippen molar-refractivity contribution >= 4 is 34.5 Å². The summed E-state index contributed by atoms with van der Waals surface area (Å²) < 4.78 is 5.43. The number of hydrogen-bond donors (Lipinski definition) is 3. The summed E-state index contributed by atoms with van der Waals surface area (Å²) in [5.74, 6) is 1.80. The molecule has 0 saturated heterocycles. The first-order valence-electron chi connectivity index (χ1n) is 8.11. The minimum Gasteiger partial charge on any atom is -0.492 e. The highest BCUT2D eigenvalue weighted by atomic mass is 16.5. The average Bonchev–Trinajstić information content (AvgIpc) is 2.66. The van der Waals surface area contributed by atoms with Gasteiger partial charge in [0.15, 0.2) is 5.82 Å². The molecule has 0 aromatic carbocycles. The van der Waals surface area contributed by atoms with Crippen LogP contribution in [0.15, 0.2) is 42.9 Å². The van der Waals surface area contributed by atoms with Crippen molar-refractivity contribution in [2.75, 3.05) is 19.0 Å². The molecule has 3 aromatic rings. The van der Waals surface area contributed by atoms with Crippen LogP contribution < -0.4 is 15.4 Å². The van der Waals surface area contributed by atoms with E-state index in [2.05, 4.69) is 30.8 Å². The van der Waals surface area contributed by atoms with Crippen LogP contribution in [0.4, 0.5) is 11.6 Å². The zero-order valence-electron chi connectivity index (χ0n) is 14.5. The molecule has 26 heavy (non-hydrogen) atoms. The molecule has 0 saturated carbocycles. The first-order chi connectivity index (χ1) is 12.7. The van der Waals surface area contributed by atoms with E-state index in [1.54, 1.807) is 31.7 Å². The van der Waals surface area contributed by atoms with Crippen LogP contribution in [0.2, 0.25) is 0 Å². The fourth-order valence-corrected chi connectivity index (χ4v) is 2.38. The fourth-order valence-electron chi connectivity index (χ4n) is 2.38. The molecule has 0 aliphatic heterocycles. The van der Waals surface area contributed by atoms with Crippen molar-refractivity contribution in [2.45, 2.75) is 6.92 Å². The van der Waals surface area contributed by atoms with Crippen molar-refractivity contribution in [1.82, 2.24) is 25.5 Å². The third-order valence-electron chi connectivity index (χ3n) is 3.52. The van der Waals surface area contributed by atoms with E-state index < -0.39 is 0 Å². The molecule has 3 N–H and O–H groups in total. The number of rotatable bonds is 7.